The molecular weight excluding hydrogens is 224 g/mol. The normalized spacial score (nSPS) is 26.8. The van der Waals surface area contributed by atoms with Gasteiger partial charge in [-0.1, -0.05) is 30.3 Å². The van der Waals surface area contributed by atoms with Crippen LogP contribution in [0.3, 0.4) is 0 Å². The monoisotopic (exact) mass is 242 g/mol. The maximum Gasteiger partial charge on any atom is 0.246 e. The minimum Gasteiger partial charge on any atom is -0.338 e. The Morgan fingerprint density at radius 3 is 2.50 bits per heavy atom. The number of nitrogens with zero attached hydrogens (tertiary/aromatic N) is 1. The molecule has 2 fully saturated rings. The van der Waals surface area contributed by atoms with E-state index in [0.29, 0.717) is 11.8 Å². The molecule has 2 heterocycles. The number of rotatable bonds is 2. The van der Waals surface area contributed by atoms with E-state index in [-0.39, 0.29) is 5.91 Å². The lowest BCUT2D eigenvalue weighted by Crippen LogP contribution is -2.30. The molecule has 1 amide bonds. The third-order valence-corrected chi connectivity index (χ3v) is 3.92. The molecule has 2 aliphatic heterocycles. The van der Waals surface area contributed by atoms with Crippen LogP contribution in [0.4, 0.5) is 0 Å². The number of carbonyl (C=O) groups is 1. The second-order valence-corrected chi connectivity index (χ2v) is 5.17. The summed E-state index contributed by atoms with van der Waals surface area (Å²) >= 11 is 0. The summed E-state index contributed by atoms with van der Waals surface area (Å²) in [4.78, 5) is 14.1. The van der Waals surface area contributed by atoms with Gasteiger partial charge in [0.1, 0.15) is 0 Å². The molecule has 2 unspecified atom stereocenters. The number of amides is 1. The molecule has 2 atom stereocenters. The van der Waals surface area contributed by atoms with Gasteiger partial charge in [-0.25, -0.2) is 0 Å². The van der Waals surface area contributed by atoms with Gasteiger partial charge in [0.05, 0.1) is 0 Å². The van der Waals surface area contributed by atoms with Gasteiger partial charge in [-0.05, 0) is 23.5 Å². The zero-order valence-electron chi connectivity index (χ0n) is 10.4. The molecule has 0 bridgehead atoms. The number of fused-ring (bicyclic) bond motifs is 1. The highest BCUT2D eigenvalue weighted by Crippen LogP contribution is 2.26. The fourth-order valence-corrected chi connectivity index (χ4v) is 2.87. The summed E-state index contributed by atoms with van der Waals surface area (Å²) in [7, 11) is 0. The van der Waals surface area contributed by atoms with Gasteiger partial charge in [0.2, 0.25) is 5.91 Å². The Balaban J connectivity index is 1.61. The van der Waals surface area contributed by atoms with Crippen molar-refractivity contribution >= 4 is 12.0 Å². The van der Waals surface area contributed by atoms with Crippen LogP contribution in [0.25, 0.3) is 6.08 Å². The highest BCUT2D eigenvalue weighted by Gasteiger charge is 2.37. The third kappa shape index (κ3) is 2.31. The van der Waals surface area contributed by atoms with Crippen molar-refractivity contribution in [2.24, 2.45) is 11.8 Å². The molecule has 0 saturated carbocycles. The first-order valence-electron chi connectivity index (χ1n) is 6.55. The lowest BCUT2D eigenvalue weighted by Gasteiger charge is -2.14. The first-order valence-corrected chi connectivity index (χ1v) is 6.55. The van der Waals surface area contributed by atoms with E-state index < -0.39 is 0 Å². The zero-order chi connectivity index (χ0) is 12.4. The van der Waals surface area contributed by atoms with Gasteiger partial charge in [0.25, 0.3) is 0 Å². The van der Waals surface area contributed by atoms with Gasteiger partial charge in [0, 0.05) is 32.3 Å². The van der Waals surface area contributed by atoms with Crippen LogP contribution in [0.15, 0.2) is 36.4 Å². The van der Waals surface area contributed by atoms with E-state index in [4.69, 9.17) is 0 Å². The molecule has 2 saturated heterocycles. The maximum atomic E-state index is 12.1. The summed E-state index contributed by atoms with van der Waals surface area (Å²) in [5, 5.41) is 3.39. The highest BCUT2D eigenvalue weighted by atomic mass is 16.2. The molecule has 1 N–H and O–H groups in total. The number of likely N-dealkylation sites (tertiary alicyclic amines) is 1. The lowest BCUT2D eigenvalue weighted by molar-refractivity contribution is -0.125. The summed E-state index contributed by atoms with van der Waals surface area (Å²) < 4.78 is 0. The molecule has 3 heteroatoms. The van der Waals surface area contributed by atoms with E-state index in [1.165, 1.54) is 0 Å². The predicted molar refractivity (Wildman–Crippen MR) is 71.9 cm³/mol. The summed E-state index contributed by atoms with van der Waals surface area (Å²) in [5.41, 5.74) is 1.08. The first kappa shape index (κ1) is 11.5. The number of benzene rings is 1. The Kier molecular flexibility index (Phi) is 3.15. The van der Waals surface area contributed by atoms with Crippen LogP contribution < -0.4 is 5.32 Å². The molecule has 3 nitrogen and oxygen atoms in total. The Morgan fingerprint density at radius 2 is 1.83 bits per heavy atom. The molecule has 3 rings (SSSR count). The average Bonchev–Trinajstić information content (AvgIpc) is 2.98. The van der Waals surface area contributed by atoms with E-state index in [9.17, 15) is 4.79 Å². The second-order valence-electron chi connectivity index (χ2n) is 5.17. The molecule has 0 aromatic heterocycles. The molecule has 0 aliphatic carbocycles. The van der Waals surface area contributed by atoms with Gasteiger partial charge in [0.15, 0.2) is 0 Å². The SMILES string of the molecule is O=C(C=Cc1ccccc1)N1CC2CNCC2C1. The van der Waals surface area contributed by atoms with E-state index in [1.807, 2.05) is 41.3 Å². The zero-order valence-corrected chi connectivity index (χ0v) is 10.4. The Labute approximate surface area is 107 Å². The summed E-state index contributed by atoms with van der Waals surface area (Å²) in [6.07, 6.45) is 3.60. The maximum absolute atomic E-state index is 12.1. The van der Waals surface area contributed by atoms with Gasteiger partial charge >= 0.3 is 0 Å². The van der Waals surface area contributed by atoms with Crippen LogP contribution in [0.2, 0.25) is 0 Å². The van der Waals surface area contributed by atoms with Crippen molar-refractivity contribution in [3.63, 3.8) is 0 Å². The topological polar surface area (TPSA) is 32.3 Å². The minimum absolute atomic E-state index is 0.147. The molecule has 1 aromatic carbocycles. The van der Waals surface area contributed by atoms with Gasteiger partial charge in [-0.3, -0.25) is 4.79 Å². The Bertz CT molecular complexity index is 443. The van der Waals surface area contributed by atoms with Crippen LogP contribution in [0.1, 0.15) is 5.56 Å². The van der Waals surface area contributed by atoms with Crippen molar-refractivity contribution in [3.8, 4) is 0 Å². The summed E-state index contributed by atoms with van der Waals surface area (Å²) in [5.74, 6) is 1.48. The third-order valence-electron chi connectivity index (χ3n) is 3.92. The first-order chi connectivity index (χ1) is 8.83. The van der Waals surface area contributed by atoms with Crippen molar-refractivity contribution in [2.45, 2.75) is 0 Å². The number of carbonyl (C=O) groups excluding carboxylic acids is 1. The molecule has 0 radical (unpaired) electrons. The van der Waals surface area contributed by atoms with E-state index >= 15 is 0 Å². The number of hydrogen-bond acceptors (Lipinski definition) is 2. The smallest absolute Gasteiger partial charge is 0.246 e. The fraction of sp³-hybridized carbons (Fsp3) is 0.400. The van der Waals surface area contributed by atoms with Gasteiger partial charge in [-0.15, -0.1) is 0 Å². The quantitative estimate of drug-likeness (QED) is 0.795. The van der Waals surface area contributed by atoms with Crippen molar-refractivity contribution < 1.29 is 4.79 Å². The van der Waals surface area contributed by atoms with Crippen LogP contribution in [0.5, 0.6) is 0 Å². The molecular formula is C15H18N2O. The molecule has 0 spiro atoms. The largest absolute Gasteiger partial charge is 0.338 e. The summed E-state index contributed by atoms with van der Waals surface area (Å²) in [6, 6.07) is 9.96. The minimum atomic E-state index is 0.147. The fourth-order valence-electron chi connectivity index (χ4n) is 2.87. The van der Waals surface area contributed by atoms with Crippen LogP contribution in [-0.4, -0.2) is 37.0 Å². The standard InChI is InChI=1S/C15H18N2O/c18-15(7-6-12-4-2-1-3-5-12)17-10-13-8-16-9-14(13)11-17/h1-7,13-14,16H,8-11H2. The molecule has 2 aliphatic rings. The molecule has 18 heavy (non-hydrogen) atoms. The summed E-state index contributed by atoms with van der Waals surface area (Å²) in [6.45, 7) is 3.96. The lowest BCUT2D eigenvalue weighted by atomic mass is 10.0. The van der Waals surface area contributed by atoms with Crippen molar-refractivity contribution in [3.05, 3.63) is 42.0 Å². The van der Waals surface area contributed by atoms with E-state index in [1.54, 1.807) is 6.08 Å². The molecule has 1 aromatic rings. The molecule has 94 valence electrons. The van der Waals surface area contributed by atoms with Crippen molar-refractivity contribution in [2.75, 3.05) is 26.2 Å². The van der Waals surface area contributed by atoms with Crippen molar-refractivity contribution in [1.29, 1.82) is 0 Å². The van der Waals surface area contributed by atoms with E-state index in [0.717, 1.165) is 31.7 Å². The van der Waals surface area contributed by atoms with Crippen LogP contribution in [0, 0.1) is 11.8 Å². The number of nitrogens with one attached hydrogen (secondary N) is 1. The van der Waals surface area contributed by atoms with E-state index in [2.05, 4.69) is 5.32 Å². The Hall–Kier alpha value is -1.61. The predicted octanol–water partition coefficient (Wildman–Crippen LogP) is 1.38. The number of hydrogen-bond donors (Lipinski definition) is 1. The second kappa shape index (κ2) is 4.94. The van der Waals surface area contributed by atoms with Gasteiger partial charge in [-0.2, -0.15) is 0 Å². The van der Waals surface area contributed by atoms with Crippen molar-refractivity contribution in [1.82, 2.24) is 10.2 Å². The van der Waals surface area contributed by atoms with Crippen LogP contribution in [-0.2, 0) is 4.79 Å². The van der Waals surface area contributed by atoms with Gasteiger partial charge < -0.3 is 10.2 Å². The highest BCUT2D eigenvalue weighted by molar-refractivity contribution is 5.92. The Morgan fingerprint density at radius 1 is 1.17 bits per heavy atom. The van der Waals surface area contributed by atoms with Crippen LogP contribution >= 0.6 is 0 Å². The average molecular weight is 242 g/mol.